The Hall–Kier alpha value is -2.64. The number of carbonyl (C=O) groups is 2. The largest absolute Gasteiger partial charge is 0.365 e. The van der Waals surface area contributed by atoms with Gasteiger partial charge in [-0.05, 0) is 24.8 Å². The molecule has 1 aromatic heterocycles. The molecule has 2 aliphatic heterocycles. The third-order valence-corrected chi connectivity index (χ3v) is 5.28. The first-order chi connectivity index (χ1) is 12.5. The molecule has 0 N–H and O–H groups in total. The number of rotatable bonds is 3. The zero-order valence-electron chi connectivity index (χ0n) is 14.5. The van der Waals surface area contributed by atoms with Crippen molar-refractivity contribution >= 4 is 34.9 Å². The lowest BCUT2D eigenvalue weighted by Gasteiger charge is -2.37. The molecule has 2 aliphatic rings. The molecule has 7 nitrogen and oxygen atoms in total. The second kappa shape index (κ2) is 7.31. The Labute approximate surface area is 157 Å². The van der Waals surface area contributed by atoms with Gasteiger partial charge in [-0.2, -0.15) is 5.26 Å². The first kappa shape index (κ1) is 18.2. The first-order valence-electron chi connectivity index (χ1n) is 8.61. The van der Waals surface area contributed by atoms with E-state index in [-0.39, 0.29) is 28.6 Å². The fraction of sp³-hybridized carbons (Fsp3) is 0.500. The van der Waals surface area contributed by atoms with E-state index in [1.165, 1.54) is 4.90 Å². The topological polar surface area (TPSA) is 81.7 Å². The summed E-state index contributed by atoms with van der Waals surface area (Å²) in [5.41, 5.74) is 1.23. The number of anilines is 1. The van der Waals surface area contributed by atoms with Crippen LogP contribution in [0, 0.1) is 17.9 Å². The number of carbonyl (C=O) groups excluding carboxylic acids is 2. The number of piperidine rings is 1. The van der Waals surface area contributed by atoms with E-state index >= 15 is 0 Å². The predicted molar refractivity (Wildman–Crippen MR) is 95.9 cm³/mol. The van der Waals surface area contributed by atoms with Crippen molar-refractivity contribution in [2.24, 2.45) is 0 Å². The third-order valence-electron chi connectivity index (χ3n) is 5.01. The number of halogens is 1. The van der Waals surface area contributed by atoms with Crippen LogP contribution in [0.3, 0.4) is 0 Å². The number of hydrogen-bond donors (Lipinski definition) is 0. The fourth-order valence-electron chi connectivity index (χ4n) is 3.71. The first-order valence-corrected chi connectivity index (χ1v) is 8.99. The van der Waals surface area contributed by atoms with Crippen LogP contribution in [-0.2, 0) is 16.0 Å². The Morgan fingerprint density at radius 1 is 1.31 bits per heavy atom. The highest BCUT2D eigenvalue weighted by Crippen LogP contribution is 2.38. The van der Waals surface area contributed by atoms with Gasteiger partial charge in [0.05, 0.1) is 12.1 Å². The van der Waals surface area contributed by atoms with Crippen molar-refractivity contribution in [1.82, 2.24) is 9.88 Å². The molecule has 0 atom stereocenters. The van der Waals surface area contributed by atoms with E-state index in [1.807, 2.05) is 17.9 Å². The quantitative estimate of drug-likeness (QED) is 0.463. The van der Waals surface area contributed by atoms with Crippen molar-refractivity contribution < 1.29 is 9.59 Å². The average Bonchev–Trinajstić information content (AvgIpc) is 2.99. The number of nitrogens with zero attached hydrogens (tertiary/aromatic N) is 5. The molecule has 3 rings (SSSR count). The summed E-state index contributed by atoms with van der Waals surface area (Å²) in [6.07, 6.45) is 2.38. The maximum absolute atomic E-state index is 11.9. The van der Waals surface area contributed by atoms with Crippen LogP contribution in [0.1, 0.15) is 43.7 Å². The van der Waals surface area contributed by atoms with Gasteiger partial charge < -0.3 is 4.90 Å². The molecule has 2 amide bonds. The van der Waals surface area contributed by atoms with Gasteiger partial charge in [-0.1, -0.05) is 18.5 Å². The molecule has 134 valence electrons. The van der Waals surface area contributed by atoms with Gasteiger partial charge in [-0.15, -0.1) is 0 Å². The molecule has 0 spiro atoms. The maximum atomic E-state index is 11.9. The van der Waals surface area contributed by atoms with Crippen LogP contribution in [0.2, 0.25) is 5.15 Å². The monoisotopic (exact) mass is 371 g/mol. The lowest BCUT2D eigenvalue weighted by molar-refractivity contribution is -0.141. The Bertz CT molecular complexity index is 831. The highest BCUT2D eigenvalue weighted by molar-refractivity contribution is 6.31. The van der Waals surface area contributed by atoms with Crippen LogP contribution in [0.5, 0.6) is 0 Å². The minimum atomic E-state index is -0.0943. The minimum Gasteiger partial charge on any atom is -0.365 e. The molecule has 1 aromatic rings. The van der Waals surface area contributed by atoms with Crippen LogP contribution in [0.25, 0.3) is 4.85 Å². The van der Waals surface area contributed by atoms with Crippen LogP contribution < -0.4 is 4.90 Å². The summed E-state index contributed by atoms with van der Waals surface area (Å²) in [5, 5.41) is 9.41. The molecule has 3 heterocycles. The van der Waals surface area contributed by atoms with Gasteiger partial charge in [0.15, 0.2) is 0 Å². The number of imide groups is 1. The summed E-state index contributed by atoms with van der Waals surface area (Å²) in [5.74, 6) is 0.296. The molecule has 0 radical (unpaired) electrons. The van der Waals surface area contributed by atoms with Gasteiger partial charge in [0, 0.05) is 32.0 Å². The summed E-state index contributed by atoms with van der Waals surface area (Å²) in [6, 6.07) is 1.94. The summed E-state index contributed by atoms with van der Waals surface area (Å²) in [7, 11) is 0. The van der Waals surface area contributed by atoms with E-state index in [1.54, 1.807) is 0 Å². The summed E-state index contributed by atoms with van der Waals surface area (Å²) < 4.78 is 0. The van der Waals surface area contributed by atoms with Gasteiger partial charge >= 0.3 is 0 Å². The molecular weight excluding hydrogens is 354 g/mol. The van der Waals surface area contributed by atoms with Gasteiger partial charge in [0.25, 0.3) is 0 Å². The van der Waals surface area contributed by atoms with Crippen molar-refractivity contribution in [3.63, 3.8) is 0 Å². The highest BCUT2D eigenvalue weighted by Gasteiger charge is 2.37. The zero-order chi connectivity index (χ0) is 18.8. The predicted octanol–water partition coefficient (Wildman–Crippen LogP) is 2.84. The molecule has 0 bridgehead atoms. The molecule has 0 aromatic carbocycles. The van der Waals surface area contributed by atoms with E-state index in [2.05, 4.69) is 9.83 Å². The van der Waals surface area contributed by atoms with Crippen LogP contribution >= 0.6 is 11.6 Å². The molecule has 0 aliphatic carbocycles. The number of aromatic nitrogens is 1. The second-order valence-corrected chi connectivity index (χ2v) is 6.74. The van der Waals surface area contributed by atoms with E-state index in [9.17, 15) is 14.9 Å². The Morgan fingerprint density at radius 2 is 1.92 bits per heavy atom. The number of pyridine rings is 1. The molecule has 0 unspecified atom stereocenters. The SMILES string of the molecule is [C-]#[N+]c1c(N2CCC(N3C(=O)CCC3=O)CC2)nc(Cl)c(C#N)c1CC. The molecule has 0 saturated carbocycles. The lowest BCUT2D eigenvalue weighted by Crippen LogP contribution is -2.47. The van der Waals surface area contributed by atoms with E-state index in [0.717, 1.165) is 0 Å². The zero-order valence-corrected chi connectivity index (χ0v) is 15.2. The molecule has 26 heavy (non-hydrogen) atoms. The van der Waals surface area contributed by atoms with Gasteiger partial charge in [0.1, 0.15) is 17.0 Å². The maximum Gasteiger partial charge on any atom is 0.232 e. The van der Waals surface area contributed by atoms with Crippen molar-refractivity contribution in [1.29, 1.82) is 5.26 Å². The summed E-state index contributed by atoms with van der Waals surface area (Å²) >= 11 is 6.17. The number of amides is 2. The van der Waals surface area contributed by atoms with E-state index < -0.39 is 0 Å². The number of nitriles is 1. The Kier molecular flexibility index (Phi) is 5.11. The molecular formula is C18H18ClN5O2. The van der Waals surface area contributed by atoms with Crippen molar-refractivity contribution in [3.05, 3.63) is 27.7 Å². The van der Waals surface area contributed by atoms with Gasteiger partial charge in [-0.25, -0.2) is 9.83 Å². The van der Waals surface area contributed by atoms with E-state index in [0.29, 0.717) is 62.3 Å². The third kappa shape index (κ3) is 3.00. The Morgan fingerprint density at radius 3 is 2.42 bits per heavy atom. The van der Waals surface area contributed by atoms with Crippen LogP contribution in [0.15, 0.2) is 0 Å². The molecule has 8 heteroatoms. The van der Waals surface area contributed by atoms with Crippen LogP contribution in [0.4, 0.5) is 11.5 Å². The number of hydrogen-bond acceptors (Lipinski definition) is 5. The highest BCUT2D eigenvalue weighted by atomic mass is 35.5. The van der Waals surface area contributed by atoms with Crippen molar-refractivity contribution in [2.75, 3.05) is 18.0 Å². The lowest BCUT2D eigenvalue weighted by atomic mass is 10.0. The van der Waals surface area contributed by atoms with E-state index in [4.69, 9.17) is 18.2 Å². The standard InChI is InChI=1S/C18H18ClN5O2/c1-3-12-13(10-20)17(19)22-18(16(12)21-2)23-8-6-11(7-9-23)24-14(25)4-5-15(24)26/h11H,3-9H2,1H3. The fourth-order valence-corrected chi connectivity index (χ4v) is 3.95. The molecule has 2 saturated heterocycles. The number of likely N-dealkylation sites (tertiary alicyclic amines) is 1. The minimum absolute atomic E-state index is 0.0929. The van der Waals surface area contributed by atoms with Crippen molar-refractivity contribution in [3.8, 4) is 6.07 Å². The summed E-state index contributed by atoms with van der Waals surface area (Å²) in [6.45, 7) is 10.5. The summed E-state index contributed by atoms with van der Waals surface area (Å²) in [4.78, 5) is 35.1. The Balaban J connectivity index is 1.85. The smallest absolute Gasteiger partial charge is 0.232 e. The normalized spacial score (nSPS) is 18.2. The molecule has 2 fully saturated rings. The van der Waals surface area contributed by atoms with Gasteiger partial charge in [-0.3, -0.25) is 14.5 Å². The second-order valence-electron chi connectivity index (χ2n) is 6.38. The average molecular weight is 372 g/mol. The van der Waals surface area contributed by atoms with Gasteiger partial charge in [0.2, 0.25) is 17.5 Å². The van der Waals surface area contributed by atoms with Crippen molar-refractivity contribution in [2.45, 2.75) is 45.1 Å². The van der Waals surface area contributed by atoms with Crippen LogP contribution in [-0.4, -0.2) is 40.8 Å².